The Hall–Kier alpha value is -2.21. The highest BCUT2D eigenvalue weighted by Crippen LogP contribution is 2.43. The molecule has 0 saturated carbocycles. The van der Waals surface area contributed by atoms with Crippen molar-refractivity contribution in [1.82, 2.24) is 5.16 Å². The molecule has 7 heteroatoms. The minimum absolute atomic E-state index is 0.247. The molecule has 2 aromatic rings. The molecule has 0 atom stereocenters. The van der Waals surface area contributed by atoms with Crippen molar-refractivity contribution in [2.45, 2.75) is 6.92 Å². The fourth-order valence-corrected chi connectivity index (χ4v) is 2.25. The minimum atomic E-state index is -1.19. The Balaban J connectivity index is 2.13. The van der Waals surface area contributed by atoms with Crippen molar-refractivity contribution in [3.05, 3.63) is 28.5 Å². The molecule has 104 valence electrons. The fraction of sp³-hybridized carbons (Fsp3) is 0.231. The Morgan fingerprint density at radius 2 is 2.10 bits per heavy atom. The molecule has 0 aliphatic carbocycles. The van der Waals surface area contributed by atoms with Crippen molar-refractivity contribution in [3.8, 4) is 22.8 Å². The molecular formula is C13H10ClNO5. The van der Waals surface area contributed by atoms with Gasteiger partial charge in [0, 0.05) is 17.2 Å². The number of fused-ring (bicyclic) bond motifs is 1. The van der Waals surface area contributed by atoms with E-state index >= 15 is 0 Å². The second kappa shape index (κ2) is 4.72. The van der Waals surface area contributed by atoms with Gasteiger partial charge in [-0.2, -0.15) is 0 Å². The van der Waals surface area contributed by atoms with Gasteiger partial charge in [0.1, 0.15) is 18.9 Å². The molecule has 0 fully saturated rings. The summed E-state index contributed by atoms with van der Waals surface area (Å²) in [5, 5.41) is 13.0. The summed E-state index contributed by atoms with van der Waals surface area (Å²) in [6.07, 6.45) is 0. The van der Waals surface area contributed by atoms with Gasteiger partial charge in [0.2, 0.25) is 5.76 Å². The summed E-state index contributed by atoms with van der Waals surface area (Å²) in [4.78, 5) is 10.8. The van der Waals surface area contributed by atoms with E-state index in [1.807, 2.05) is 0 Å². The predicted molar refractivity (Wildman–Crippen MR) is 69.6 cm³/mol. The Labute approximate surface area is 118 Å². The van der Waals surface area contributed by atoms with Crippen LogP contribution in [-0.2, 0) is 0 Å². The van der Waals surface area contributed by atoms with Gasteiger partial charge >= 0.3 is 5.97 Å². The van der Waals surface area contributed by atoms with E-state index in [2.05, 4.69) is 5.16 Å². The molecule has 1 N–H and O–H groups in total. The third-order valence-corrected chi connectivity index (χ3v) is 3.48. The number of benzene rings is 1. The second-order valence-corrected chi connectivity index (χ2v) is 4.65. The standard InChI is InChI=1S/C13H10ClNO5/c1-6-11(14)7(4-9-12(6)19-3-2-18-9)8-5-10(13(16)17)20-15-8/h4-5H,2-3H2,1H3,(H,16,17). The Bertz CT molecular complexity index is 694. The van der Waals surface area contributed by atoms with E-state index in [0.29, 0.717) is 41.0 Å². The first-order chi connectivity index (χ1) is 9.58. The first-order valence-electron chi connectivity index (χ1n) is 5.87. The predicted octanol–water partition coefficient (Wildman–Crippen LogP) is 2.77. The maximum Gasteiger partial charge on any atom is 0.374 e. The molecule has 2 heterocycles. The van der Waals surface area contributed by atoms with Gasteiger partial charge in [-0.15, -0.1) is 0 Å². The lowest BCUT2D eigenvalue weighted by molar-refractivity contribution is 0.0652. The Morgan fingerprint density at radius 3 is 2.80 bits per heavy atom. The van der Waals surface area contributed by atoms with Crippen molar-refractivity contribution in [2.75, 3.05) is 13.2 Å². The van der Waals surface area contributed by atoms with Gasteiger partial charge in [-0.3, -0.25) is 0 Å². The maximum atomic E-state index is 10.8. The SMILES string of the molecule is Cc1c(Cl)c(-c2cc(C(=O)O)on2)cc2c1OCCO2. The number of ether oxygens (including phenoxy) is 2. The number of rotatable bonds is 2. The summed E-state index contributed by atoms with van der Waals surface area (Å²) in [6, 6.07) is 2.99. The Kier molecular flexibility index (Phi) is 3.02. The number of aromatic nitrogens is 1. The Morgan fingerprint density at radius 1 is 1.35 bits per heavy atom. The lowest BCUT2D eigenvalue weighted by Crippen LogP contribution is -2.16. The molecule has 3 rings (SSSR count). The molecule has 1 aliphatic heterocycles. The average Bonchev–Trinajstić information content (AvgIpc) is 2.92. The first-order valence-corrected chi connectivity index (χ1v) is 6.25. The number of nitrogens with zero attached hydrogens (tertiary/aromatic N) is 1. The third-order valence-electron chi connectivity index (χ3n) is 2.99. The summed E-state index contributed by atoms with van der Waals surface area (Å²) < 4.78 is 15.8. The van der Waals surface area contributed by atoms with E-state index in [4.69, 9.17) is 30.7 Å². The molecule has 6 nitrogen and oxygen atoms in total. The smallest absolute Gasteiger partial charge is 0.374 e. The van der Waals surface area contributed by atoms with Gasteiger partial charge in [0.05, 0.1) is 5.02 Å². The van der Waals surface area contributed by atoms with Gasteiger partial charge in [-0.05, 0) is 13.0 Å². The number of halogens is 1. The molecule has 0 unspecified atom stereocenters. The lowest BCUT2D eigenvalue weighted by Gasteiger charge is -2.21. The van der Waals surface area contributed by atoms with E-state index in [1.54, 1.807) is 13.0 Å². The van der Waals surface area contributed by atoms with Crippen molar-refractivity contribution in [2.24, 2.45) is 0 Å². The molecule has 0 bridgehead atoms. The van der Waals surface area contributed by atoms with E-state index < -0.39 is 5.97 Å². The largest absolute Gasteiger partial charge is 0.486 e. The maximum absolute atomic E-state index is 10.8. The highest BCUT2D eigenvalue weighted by Gasteiger charge is 2.22. The highest BCUT2D eigenvalue weighted by atomic mass is 35.5. The molecule has 0 saturated heterocycles. The van der Waals surface area contributed by atoms with Crippen molar-refractivity contribution in [3.63, 3.8) is 0 Å². The number of carboxylic acids is 1. The van der Waals surface area contributed by atoms with E-state index in [0.717, 1.165) is 5.56 Å². The molecule has 1 aromatic heterocycles. The summed E-state index contributed by atoms with van der Waals surface area (Å²) >= 11 is 6.29. The van der Waals surface area contributed by atoms with Gasteiger partial charge < -0.3 is 19.1 Å². The van der Waals surface area contributed by atoms with Crippen molar-refractivity contribution in [1.29, 1.82) is 0 Å². The third kappa shape index (κ3) is 1.98. The molecule has 20 heavy (non-hydrogen) atoms. The zero-order valence-corrected chi connectivity index (χ0v) is 11.2. The van der Waals surface area contributed by atoms with Crippen LogP contribution in [0.4, 0.5) is 0 Å². The van der Waals surface area contributed by atoms with Crippen LogP contribution in [-0.4, -0.2) is 29.4 Å². The average molecular weight is 296 g/mol. The van der Waals surface area contributed by atoms with Crippen LogP contribution in [0.5, 0.6) is 11.5 Å². The summed E-state index contributed by atoms with van der Waals surface area (Å²) in [5.41, 5.74) is 1.61. The number of aromatic carboxylic acids is 1. The topological polar surface area (TPSA) is 81.8 Å². The van der Waals surface area contributed by atoms with Crippen LogP contribution in [0.3, 0.4) is 0 Å². The number of hydrogen-bond donors (Lipinski definition) is 1. The van der Waals surface area contributed by atoms with E-state index in [9.17, 15) is 4.79 Å². The number of carbonyl (C=O) groups is 1. The fourth-order valence-electron chi connectivity index (χ4n) is 2.02. The normalized spacial score (nSPS) is 13.3. The second-order valence-electron chi connectivity index (χ2n) is 4.27. The molecule has 0 radical (unpaired) electrons. The zero-order chi connectivity index (χ0) is 14.3. The van der Waals surface area contributed by atoms with Gasteiger partial charge in [0.15, 0.2) is 11.5 Å². The monoisotopic (exact) mass is 295 g/mol. The molecule has 1 aliphatic rings. The molecule has 0 amide bonds. The summed E-state index contributed by atoms with van der Waals surface area (Å²) in [6.45, 7) is 2.72. The van der Waals surface area contributed by atoms with Gasteiger partial charge in [-0.1, -0.05) is 16.8 Å². The summed E-state index contributed by atoms with van der Waals surface area (Å²) in [5.74, 6) is -0.266. The van der Waals surface area contributed by atoms with Crippen LogP contribution in [0.1, 0.15) is 16.1 Å². The van der Waals surface area contributed by atoms with Gasteiger partial charge in [-0.25, -0.2) is 4.79 Å². The molecule has 0 spiro atoms. The summed E-state index contributed by atoms with van der Waals surface area (Å²) in [7, 11) is 0. The van der Waals surface area contributed by atoms with Crippen molar-refractivity contribution >= 4 is 17.6 Å². The van der Waals surface area contributed by atoms with Crippen LogP contribution in [0.2, 0.25) is 5.02 Å². The minimum Gasteiger partial charge on any atom is -0.486 e. The quantitative estimate of drug-likeness (QED) is 0.917. The van der Waals surface area contributed by atoms with Crippen LogP contribution in [0.15, 0.2) is 16.7 Å². The number of carboxylic acid groups (broad SMARTS) is 1. The first kappa shape index (κ1) is 12.8. The van der Waals surface area contributed by atoms with Crippen LogP contribution >= 0.6 is 11.6 Å². The van der Waals surface area contributed by atoms with Crippen LogP contribution in [0.25, 0.3) is 11.3 Å². The van der Waals surface area contributed by atoms with E-state index in [1.165, 1.54) is 6.07 Å². The van der Waals surface area contributed by atoms with E-state index in [-0.39, 0.29) is 5.76 Å². The highest BCUT2D eigenvalue weighted by molar-refractivity contribution is 6.34. The van der Waals surface area contributed by atoms with Crippen LogP contribution in [0, 0.1) is 6.92 Å². The van der Waals surface area contributed by atoms with Crippen LogP contribution < -0.4 is 9.47 Å². The van der Waals surface area contributed by atoms with Gasteiger partial charge in [0.25, 0.3) is 0 Å². The molecular weight excluding hydrogens is 286 g/mol. The lowest BCUT2D eigenvalue weighted by atomic mass is 10.1. The zero-order valence-electron chi connectivity index (χ0n) is 10.5. The van der Waals surface area contributed by atoms with Crippen molar-refractivity contribution < 1.29 is 23.9 Å². The molecule has 1 aromatic carbocycles. The number of hydrogen-bond acceptors (Lipinski definition) is 5.